The smallest absolute Gasteiger partial charge is 0.255 e. The minimum absolute atomic E-state index is 0.197. The van der Waals surface area contributed by atoms with Gasteiger partial charge in [0.2, 0.25) is 0 Å². The van der Waals surface area contributed by atoms with E-state index in [9.17, 15) is 17.2 Å². The number of halogens is 2. The second kappa shape index (κ2) is 5.58. The molecule has 3 rings (SSSR count). The van der Waals surface area contributed by atoms with E-state index in [1.165, 1.54) is 11.3 Å². The predicted molar refractivity (Wildman–Crippen MR) is 80.5 cm³/mol. The summed E-state index contributed by atoms with van der Waals surface area (Å²) in [5, 5.41) is 0.197. The maximum absolute atomic E-state index is 13.6. The van der Waals surface area contributed by atoms with Crippen molar-refractivity contribution < 1.29 is 17.2 Å². The van der Waals surface area contributed by atoms with Crippen LogP contribution in [0.3, 0.4) is 0 Å². The van der Waals surface area contributed by atoms with E-state index in [0.29, 0.717) is 12.0 Å². The van der Waals surface area contributed by atoms with Gasteiger partial charge in [0.15, 0.2) is 5.13 Å². The molecule has 1 heterocycles. The number of nitrogens with zero attached hydrogens (tertiary/aromatic N) is 1. The topological polar surface area (TPSA) is 59.1 Å². The van der Waals surface area contributed by atoms with Crippen LogP contribution in [0.4, 0.5) is 13.9 Å². The number of aromatic nitrogens is 1. The molecule has 0 saturated carbocycles. The molecule has 0 fully saturated rings. The summed E-state index contributed by atoms with van der Waals surface area (Å²) >= 11 is 1.25. The fourth-order valence-corrected chi connectivity index (χ4v) is 4.93. The number of hydrogen-bond acceptors (Lipinski definition) is 4. The number of rotatable bonds is 3. The van der Waals surface area contributed by atoms with Crippen LogP contribution in [0.25, 0.3) is 0 Å². The second-order valence-corrected chi connectivity index (χ2v) is 8.15. The third-order valence-corrected chi connectivity index (χ3v) is 6.11. The summed E-state index contributed by atoms with van der Waals surface area (Å²) in [6.07, 6.45) is 2.69. The first-order valence-corrected chi connectivity index (χ1v) is 9.11. The van der Waals surface area contributed by atoms with Gasteiger partial charge in [-0.05, 0) is 43.4 Å². The molecule has 1 aromatic heterocycles. The number of anilines is 1. The monoisotopic (exact) mass is 344 g/mol. The maximum atomic E-state index is 13.6. The van der Waals surface area contributed by atoms with Crippen LogP contribution in [0.2, 0.25) is 0 Å². The molecule has 1 N–H and O–H groups in total. The van der Waals surface area contributed by atoms with Crippen molar-refractivity contribution in [2.75, 3.05) is 4.72 Å². The van der Waals surface area contributed by atoms with Crippen molar-refractivity contribution >= 4 is 26.5 Å². The minimum atomic E-state index is -4.20. The Morgan fingerprint density at radius 2 is 2.14 bits per heavy atom. The lowest BCUT2D eigenvalue weighted by Crippen LogP contribution is -2.15. The van der Waals surface area contributed by atoms with Gasteiger partial charge in [-0.1, -0.05) is 6.92 Å². The van der Waals surface area contributed by atoms with Crippen LogP contribution in [0, 0.1) is 17.6 Å². The van der Waals surface area contributed by atoms with Gasteiger partial charge in [-0.3, -0.25) is 4.72 Å². The molecule has 1 aliphatic rings. The Labute approximate surface area is 131 Å². The molecule has 1 aromatic carbocycles. The fraction of sp³-hybridized carbons (Fsp3) is 0.357. The highest BCUT2D eigenvalue weighted by Gasteiger charge is 2.24. The Morgan fingerprint density at radius 1 is 1.36 bits per heavy atom. The molecule has 0 amide bonds. The van der Waals surface area contributed by atoms with Gasteiger partial charge in [-0.25, -0.2) is 22.2 Å². The molecule has 0 spiro atoms. The number of nitrogens with one attached hydrogen (secondary N) is 1. The van der Waals surface area contributed by atoms with E-state index >= 15 is 0 Å². The Hall–Kier alpha value is -1.54. The Bertz CT molecular complexity index is 818. The quantitative estimate of drug-likeness (QED) is 0.929. The highest BCUT2D eigenvalue weighted by atomic mass is 32.2. The molecule has 8 heteroatoms. The lowest BCUT2D eigenvalue weighted by Gasteiger charge is -2.15. The first-order chi connectivity index (χ1) is 10.3. The first-order valence-electron chi connectivity index (χ1n) is 6.81. The zero-order valence-corrected chi connectivity index (χ0v) is 13.4. The average Bonchev–Trinajstić information content (AvgIpc) is 2.81. The van der Waals surface area contributed by atoms with Crippen LogP contribution < -0.4 is 4.72 Å². The van der Waals surface area contributed by atoms with Gasteiger partial charge < -0.3 is 0 Å². The highest BCUT2D eigenvalue weighted by Crippen LogP contribution is 2.33. The van der Waals surface area contributed by atoms with E-state index in [4.69, 9.17) is 0 Å². The van der Waals surface area contributed by atoms with E-state index in [0.717, 1.165) is 42.0 Å². The molecule has 4 nitrogen and oxygen atoms in total. The minimum Gasteiger partial charge on any atom is -0.255 e. The third kappa shape index (κ3) is 2.98. The molecule has 0 radical (unpaired) electrons. The molecule has 1 atom stereocenters. The van der Waals surface area contributed by atoms with E-state index in [-0.39, 0.29) is 5.13 Å². The number of aryl methyl sites for hydroxylation is 1. The van der Waals surface area contributed by atoms with Crippen LogP contribution >= 0.6 is 11.3 Å². The number of thiazole rings is 1. The summed E-state index contributed by atoms with van der Waals surface area (Å²) < 4.78 is 53.5. The summed E-state index contributed by atoms with van der Waals surface area (Å²) in [5.74, 6) is -1.27. The van der Waals surface area contributed by atoms with Crippen molar-refractivity contribution in [2.45, 2.75) is 31.1 Å². The first kappa shape index (κ1) is 15.4. The van der Waals surface area contributed by atoms with Gasteiger partial charge in [-0.15, -0.1) is 11.3 Å². The molecule has 0 bridgehead atoms. The van der Waals surface area contributed by atoms with Gasteiger partial charge in [0.05, 0.1) is 5.69 Å². The molecular weight excluding hydrogens is 330 g/mol. The number of sulfonamides is 1. The molecule has 2 aromatic rings. The van der Waals surface area contributed by atoms with E-state index < -0.39 is 26.6 Å². The SMILES string of the molecule is C[C@@H]1CCc2nc(NS(=O)(=O)c3cc(F)ccc3F)sc2C1. The van der Waals surface area contributed by atoms with Crippen LogP contribution in [-0.2, 0) is 22.9 Å². The van der Waals surface area contributed by atoms with Crippen molar-refractivity contribution in [1.29, 1.82) is 0 Å². The van der Waals surface area contributed by atoms with Crippen LogP contribution in [0.1, 0.15) is 23.9 Å². The van der Waals surface area contributed by atoms with Gasteiger partial charge in [0.1, 0.15) is 16.5 Å². The van der Waals surface area contributed by atoms with Crippen LogP contribution in [-0.4, -0.2) is 13.4 Å². The molecule has 0 unspecified atom stereocenters. The zero-order chi connectivity index (χ0) is 15.9. The van der Waals surface area contributed by atoms with Gasteiger partial charge >= 0.3 is 0 Å². The Kier molecular flexibility index (Phi) is 3.90. The predicted octanol–water partition coefficient (Wildman–Crippen LogP) is 3.35. The standard InChI is InChI=1S/C14H14F2N2O2S2/c1-8-2-5-11-12(6-8)21-14(17-11)18-22(19,20)13-7-9(15)3-4-10(13)16/h3-4,7-8H,2,5-6H2,1H3,(H,17,18)/t8-/m1/s1. The summed E-state index contributed by atoms with van der Waals surface area (Å²) in [7, 11) is -4.20. The lowest BCUT2D eigenvalue weighted by atomic mass is 9.93. The normalized spacial score (nSPS) is 18.0. The highest BCUT2D eigenvalue weighted by molar-refractivity contribution is 7.93. The number of hydrogen-bond donors (Lipinski definition) is 1. The van der Waals surface area contributed by atoms with Crippen molar-refractivity contribution in [1.82, 2.24) is 4.98 Å². The average molecular weight is 344 g/mol. The fourth-order valence-electron chi connectivity index (χ4n) is 2.44. The van der Waals surface area contributed by atoms with Gasteiger partial charge in [0, 0.05) is 4.88 Å². The van der Waals surface area contributed by atoms with E-state index in [2.05, 4.69) is 16.6 Å². The van der Waals surface area contributed by atoms with Crippen molar-refractivity contribution in [3.8, 4) is 0 Å². The molecule has 1 aliphatic carbocycles. The van der Waals surface area contributed by atoms with E-state index in [1.54, 1.807) is 0 Å². The zero-order valence-electron chi connectivity index (χ0n) is 11.8. The summed E-state index contributed by atoms with van der Waals surface area (Å²) in [5.41, 5.74) is 0.889. The van der Waals surface area contributed by atoms with E-state index in [1.807, 2.05) is 0 Å². The Morgan fingerprint density at radius 3 is 2.91 bits per heavy atom. The third-order valence-electron chi connectivity index (χ3n) is 3.59. The van der Waals surface area contributed by atoms with Crippen molar-refractivity contribution in [3.63, 3.8) is 0 Å². The van der Waals surface area contributed by atoms with Crippen molar-refractivity contribution in [2.24, 2.45) is 5.92 Å². The lowest BCUT2D eigenvalue weighted by molar-refractivity contribution is 0.502. The number of benzene rings is 1. The van der Waals surface area contributed by atoms with Crippen molar-refractivity contribution in [3.05, 3.63) is 40.4 Å². The van der Waals surface area contributed by atoms with Crippen LogP contribution in [0.5, 0.6) is 0 Å². The molecule has 0 aliphatic heterocycles. The maximum Gasteiger partial charge on any atom is 0.266 e. The second-order valence-electron chi connectivity index (χ2n) is 5.42. The van der Waals surface area contributed by atoms with Gasteiger partial charge in [-0.2, -0.15) is 0 Å². The number of fused-ring (bicyclic) bond motifs is 1. The summed E-state index contributed by atoms with van der Waals surface area (Å²) in [4.78, 5) is 4.60. The van der Waals surface area contributed by atoms with Crippen LogP contribution in [0.15, 0.2) is 23.1 Å². The summed E-state index contributed by atoms with van der Waals surface area (Å²) in [6, 6.07) is 2.32. The molecule has 118 valence electrons. The molecule has 22 heavy (non-hydrogen) atoms. The largest absolute Gasteiger partial charge is 0.266 e. The molecule has 0 saturated heterocycles. The summed E-state index contributed by atoms with van der Waals surface area (Å²) in [6.45, 7) is 2.13. The molecular formula is C14H14F2N2O2S2. The Balaban J connectivity index is 1.90. The van der Waals surface area contributed by atoms with Gasteiger partial charge in [0.25, 0.3) is 10.0 Å².